The van der Waals surface area contributed by atoms with Gasteiger partial charge in [0, 0.05) is 45.3 Å². The van der Waals surface area contributed by atoms with Crippen LogP contribution >= 0.6 is 0 Å². The number of carbonyl (C=O) groups is 1. The van der Waals surface area contributed by atoms with E-state index in [9.17, 15) is 28.5 Å². The highest BCUT2D eigenvalue weighted by molar-refractivity contribution is 7.89. The minimum absolute atomic E-state index is 0. The maximum Gasteiger partial charge on any atom is 0.316 e. The number of quaternary nitrogens is 1. The summed E-state index contributed by atoms with van der Waals surface area (Å²) >= 11 is 0. The van der Waals surface area contributed by atoms with Gasteiger partial charge < -0.3 is 56.3 Å². The van der Waals surface area contributed by atoms with Gasteiger partial charge in [-0.25, -0.2) is 28.1 Å². The van der Waals surface area contributed by atoms with Crippen molar-refractivity contribution in [2.75, 3.05) is 45.0 Å². The molecule has 0 aliphatic carbocycles. The summed E-state index contributed by atoms with van der Waals surface area (Å²) in [4.78, 5) is 26.4. The Morgan fingerprint density at radius 2 is 1.46 bits per heavy atom. The molecule has 18 heteroatoms. The van der Waals surface area contributed by atoms with Crippen LogP contribution in [-0.2, 0) is 35.6 Å². The zero-order chi connectivity index (χ0) is 47.9. The average Bonchev–Trinajstić information content (AvgIpc) is 3.90. The summed E-state index contributed by atoms with van der Waals surface area (Å²) in [6, 6.07) is 31.4. The smallest absolute Gasteiger partial charge is 0.316 e. The standard InChI is InChI=1S/C30H38N6O6S.C20H30NO3.BrH/c1-19(2)17-43(39,40)33-15-24-34-28(31-14-22(20-10-6-4-7-11-20)21-12-8-5-9-13-21)25-29(35-24)36(18-32-25)30-27(38)26(37)23(42-30)16-41-3;1-14(2)21(3)16-9-10-17(21)12-18(11-16)24-20(23)19(13-22)15-7-5-4-6-8-15;/h4-13,18-19,22-23,26-27,30,33,37-38H,14-17H2,1-3H3,(H,31,34,35);4-8,14,16-19,22H,9-13H2,1-3H3;1H/q;+1;/p-1/t23-,26-,27-,30-;;/m1../s1. The van der Waals surface area contributed by atoms with E-state index in [-0.39, 0.29) is 72.2 Å². The molecule has 3 fully saturated rings. The average molecular weight is 1020 g/mol. The molecule has 3 aliphatic rings. The van der Waals surface area contributed by atoms with E-state index in [1.165, 1.54) is 30.8 Å². The number of ether oxygens (including phenoxy) is 3. The Morgan fingerprint density at radius 1 is 0.882 bits per heavy atom. The second-order valence-corrected chi connectivity index (χ2v) is 20.8. The third-order valence-electron chi connectivity index (χ3n) is 13.8. The number of nitrogens with zero attached hydrogens (tertiary/aromatic N) is 5. The second kappa shape index (κ2) is 23.5. The number of methoxy groups -OCH3 is 1. The monoisotopic (exact) mass is 1020 g/mol. The molecule has 3 aliphatic heterocycles. The van der Waals surface area contributed by atoms with Crippen LogP contribution < -0.4 is 27.0 Å². The van der Waals surface area contributed by atoms with Crippen molar-refractivity contribution in [3.05, 3.63) is 120 Å². The van der Waals surface area contributed by atoms with Crippen molar-refractivity contribution in [1.29, 1.82) is 0 Å². The van der Waals surface area contributed by atoms with Crippen LogP contribution in [0.5, 0.6) is 0 Å². The molecule has 8 rings (SSSR count). The van der Waals surface area contributed by atoms with Crippen LogP contribution in [0, 0.1) is 5.92 Å². The normalized spacial score (nSPS) is 25.0. The first kappa shape index (κ1) is 53.0. The lowest BCUT2D eigenvalue weighted by Crippen LogP contribution is -3.00. The van der Waals surface area contributed by atoms with Gasteiger partial charge in [-0.3, -0.25) is 9.36 Å². The zero-order valence-corrected chi connectivity index (χ0v) is 42.2. The van der Waals surface area contributed by atoms with E-state index in [4.69, 9.17) is 14.2 Å². The van der Waals surface area contributed by atoms with Crippen molar-refractivity contribution in [3.63, 3.8) is 0 Å². The number of piperidine rings is 1. The van der Waals surface area contributed by atoms with E-state index in [2.05, 4.69) is 70.2 Å². The van der Waals surface area contributed by atoms with E-state index < -0.39 is 40.5 Å². The van der Waals surface area contributed by atoms with Gasteiger partial charge in [-0.2, -0.15) is 0 Å². The number of nitrogens with one attached hydrogen (secondary N) is 2. The van der Waals surface area contributed by atoms with Crippen LogP contribution in [0.4, 0.5) is 5.82 Å². The molecule has 5 heterocycles. The molecule has 5 N–H and O–H groups in total. The lowest BCUT2D eigenvalue weighted by molar-refractivity contribution is -0.968. The van der Waals surface area contributed by atoms with Crippen molar-refractivity contribution in [2.24, 2.45) is 5.92 Å². The van der Waals surface area contributed by atoms with Crippen molar-refractivity contribution in [2.45, 2.75) is 121 Å². The van der Waals surface area contributed by atoms with E-state index in [0.29, 0.717) is 41.7 Å². The van der Waals surface area contributed by atoms with Crippen molar-refractivity contribution < 1.29 is 64.2 Å². The van der Waals surface area contributed by atoms with Crippen molar-refractivity contribution in [1.82, 2.24) is 24.2 Å². The van der Waals surface area contributed by atoms with Crippen molar-refractivity contribution in [3.8, 4) is 0 Å². The van der Waals surface area contributed by atoms with Crippen LogP contribution in [0.25, 0.3) is 11.2 Å². The lowest BCUT2D eigenvalue weighted by atomic mass is 9.91. The van der Waals surface area contributed by atoms with E-state index in [0.717, 1.165) is 34.0 Å². The molecule has 5 aromatic rings. The van der Waals surface area contributed by atoms with E-state index >= 15 is 0 Å². The van der Waals surface area contributed by atoms with Crippen LogP contribution in [-0.4, -0.2) is 136 Å². The molecular weight excluding hydrogens is 955 g/mol. The second-order valence-electron chi connectivity index (χ2n) is 18.9. The van der Waals surface area contributed by atoms with Gasteiger partial charge in [-0.05, 0) is 36.5 Å². The summed E-state index contributed by atoms with van der Waals surface area (Å²) in [6.07, 6.45) is 1.64. The number of aromatic nitrogens is 4. The highest BCUT2D eigenvalue weighted by Crippen LogP contribution is 2.44. The molecule has 3 saturated heterocycles. The Balaban J connectivity index is 0.000000258. The molecule has 68 heavy (non-hydrogen) atoms. The number of hydrogen-bond donors (Lipinski definition) is 5. The van der Waals surface area contributed by atoms with Gasteiger partial charge in [0.15, 0.2) is 23.2 Å². The Bertz CT molecular complexity index is 2430. The number of hydrogen-bond acceptors (Lipinski definition) is 13. The van der Waals surface area contributed by atoms with Crippen LogP contribution in [0.1, 0.15) is 94.0 Å². The Kier molecular flexibility index (Phi) is 18.3. The summed E-state index contributed by atoms with van der Waals surface area (Å²) in [5.74, 6) is -0.353. The first-order valence-corrected chi connectivity index (χ1v) is 25.1. The predicted molar refractivity (Wildman–Crippen MR) is 255 cm³/mol. The topological polar surface area (TPSA) is 207 Å². The fraction of sp³-hybridized carbons (Fsp3) is 0.520. The lowest BCUT2D eigenvalue weighted by Gasteiger charge is -2.49. The largest absolute Gasteiger partial charge is 1.00 e. The predicted octanol–water partition coefficient (Wildman–Crippen LogP) is 2.27. The Hall–Kier alpha value is -4.37. The fourth-order valence-electron chi connectivity index (χ4n) is 10.1. The number of fused-ring (bicyclic) bond motifs is 3. The molecule has 0 saturated carbocycles. The minimum atomic E-state index is -3.57. The molecule has 0 radical (unpaired) electrons. The quantitative estimate of drug-likeness (QED) is 0.0632. The van der Waals surface area contributed by atoms with Gasteiger partial charge in [-0.15, -0.1) is 0 Å². The number of benzene rings is 3. The molecule has 370 valence electrons. The Labute approximate surface area is 410 Å². The number of carbonyl (C=O) groups excluding carboxylic acids is 1. The minimum Gasteiger partial charge on any atom is -1.00 e. The molecule has 2 bridgehead atoms. The molecule has 7 atom stereocenters. The number of sulfonamides is 1. The number of anilines is 1. The third-order valence-corrected chi connectivity index (χ3v) is 15.5. The highest BCUT2D eigenvalue weighted by Gasteiger charge is 2.54. The molecule has 3 unspecified atom stereocenters. The SMILES string of the molecule is CC(C)[N+]1(C)C2CCC1CC(OC(=O)C(CO)c1ccccc1)C2.COC[C@H]1O[C@@H](n2cnc3c(NCC(c4ccccc4)c4ccccc4)nc(CNS(=O)(=O)CC(C)C)nc32)[C@H](O)[C@@H]1O.[Br-]. The Morgan fingerprint density at radius 3 is 1.99 bits per heavy atom. The molecular formula is C50H68BrN7O9S. The first-order chi connectivity index (χ1) is 32.1. The molecule has 2 aromatic heterocycles. The maximum atomic E-state index is 12.6. The third kappa shape index (κ3) is 12.1. The van der Waals surface area contributed by atoms with Crippen LogP contribution in [0.2, 0.25) is 0 Å². The fourth-order valence-corrected chi connectivity index (χ4v) is 11.4. The number of rotatable bonds is 18. The van der Waals surface area contributed by atoms with Gasteiger partial charge >= 0.3 is 5.97 Å². The van der Waals surface area contributed by atoms with E-state index in [1.54, 1.807) is 0 Å². The van der Waals surface area contributed by atoms with Crippen LogP contribution in [0.3, 0.4) is 0 Å². The molecule has 0 spiro atoms. The number of aliphatic hydroxyl groups excluding tert-OH is 3. The molecule has 16 nitrogen and oxygen atoms in total. The van der Waals surface area contributed by atoms with Gasteiger partial charge in [-0.1, -0.05) is 105 Å². The summed E-state index contributed by atoms with van der Waals surface area (Å²) in [5.41, 5.74) is 3.78. The summed E-state index contributed by atoms with van der Waals surface area (Å²) in [6.45, 7) is 8.46. The molecule has 3 aromatic carbocycles. The number of aliphatic hydroxyl groups is 3. The number of imidazole rings is 1. The maximum absolute atomic E-state index is 12.6. The van der Waals surface area contributed by atoms with Gasteiger partial charge in [0.2, 0.25) is 10.0 Å². The summed E-state index contributed by atoms with van der Waals surface area (Å²) < 4.78 is 47.4. The van der Waals surface area contributed by atoms with Gasteiger partial charge in [0.1, 0.15) is 36.2 Å². The van der Waals surface area contributed by atoms with Crippen molar-refractivity contribution >= 4 is 33.0 Å². The first-order valence-electron chi connectivity index (χ1n) is 23.4. The van der Waals surface area contributed by atoms with Crippen LogP contribution in [0.15, 0.2) is 97.3 Å². The van der Waals surface area contributed by atoms with E-state index in [1.807, 2.05) is 80.6 Å². The summed E-state index contributed by atoms with van der Waals surface area (Å²) in [7, 11) is 0.282. The molecule has 0 amide bonds. The van der Waals surface area contributed by atoms with Gasteiger partial charge in [0.05, 0.1) is 57.0 Å². The number of halogens is 1. The zero-order valence-electron chi connectivity index (χ0n) is 39.8. The summed E-state index contributed by atoms with van der Waals surface area (Å²) in [5, 5.41) is 34.4. The van der Waals surface area contributed by atoms with Gasteiger partial charge in [0.25, 0.3) is 0 Å². The highest BCUT2D eigenvalue weighted by atomic mass is 79.9. The number of esters is 1.